The first kappa shape index (κ1) is 13.7. The number of nitrogens with one attached hydrogen (secondary N) is 1. The second-order valence-electron chi connectivity index (χ2n) is 5.26. The van der Waals surface area contributed by atoms with E-state index in [9.17, 15) is 23.2 Å². The number of imide groups is 2. The number of carbonyl (C=O) groups is 3. The highest BCUT2D eigenvalue weighted by Gasteiger charge is 2.55. The maximum atomic E-state index is 13.9. The van der Waals surface area contributed by atoms with E-state index in [0.717, 1.165) is 12.1 Å². The lowest BCUT2D eigenvalue weighted by atomic mass is 9.82. The molecule has 4 amide bonds. The number of halogens is 2. The maximum Gasteiger partial charge on any atom is 0.335 e. The van der Waals surface area contributed by atoms with Gasteiger partial charge in [-0.1, -0.05) is 18.9 Å². The summed E-state index contributed by atoms with van der Waals surface area (Å²) in [4.78, 5) is 37.0. The molecule has 1 aromatic carbocycles. The first-order chi connectivity index (χ1) is 9.97. The van der Waals surface area contributed by atoms with Gasteiger partial charge in [-0.15, -0.1) is 0 Å². The van der Waals surface area contributed by atoms with Gasteiger partial charge in [-0.05, 0) is 25.0 Å². The first-order valence-corrected chi connectivity index (χ1v) is 6.61. The molecule has 21 heavy (non-hydrogen) atoms. The average Bonchev–Trinajstić information content (AvgIpc) is 2.92. The van der Waals surface area contributed by atoms with Crippen molar-refractivity contribution in [3.05, 3.63) is 29.8 Å². The zero-order chi connectivity index (χ0) is 15.2. The molecule has 1 aliphatic heterocycles. The zero-order valence-corrected chi connectivity index (χ0v) is 11.0. The van der Waals surface area contributed by atoms with Crippen molar-refractivity contribution < 1.29 is 23.2 Å². The third-order valence-corrected chi connectivity index (χ3v) is 4.10. The molecule has 1 heterocycles. The van der Waals surface area contributed by atoms with Crippen molar-refractivity contribution in [3.63, 3.8) is 0 Å². The van der Waals surface area contributed by atoms with Gasteiger partial charge in [-0.2, -0.15) is 0 Å². The summed E-state index contributed by atoms with van der Waals surface area (Å²) in [5.74, 6) is -3.88. The Hall–Kier alpha value is -2.31. The quantitative estimate of drug-likeness (QED) is 0.807. The van der Waals surface area contributed by atoms with Gasteiger partial charge in [0.15, 0.2) is 11.6 Å². The Morgan fingerprint density at radius 1 is 1.10 bits per heavy atom. The molecule has 1 saturated heterocycles. The molecule has 1 aliphatic carbocycles. The minimum atomic E-state index is -1.34. The highest BCUT2D eigenvalue weighted by molar-refractivity contribution is 6.30. The van der Waals surface area contributed by atoms with E-state index < -0.39 is 40.6 Å². The zero-order valence-electron chi connectivity index (χ0n) is 11.0. The van der Waals surface area contributed by atoms with Crippen molar-refractivity contribution in [3.8, 4) is 0 Å². The van der Waals surface area contributed by atoms with Crippen LogP contribution in [-0.4, -0.2) is 17.8 Å². The van der Waals surface area contributed by atoms with Gasteiger partial charge < -0.3 is 0 Å². The number of barbiturate groups is 1. The molecule has 2 fully saturated rings. The Balaban J connectivity index is 2.09. The van der Waals surface area contributed by atoms with Gasteiger partial charge >= 0.3 is 6.03 Å². The second-order valence-corrected chi connectivity index (χ2v) is 5.26. The van der Waals surface area contributed by atoms with Gasteiger partial charge in [0.2, 0.25) is 5.91 Å². The number of carbonyl (C=O) groups excluding carboxylic acids is 3. The number of urea groups is 1. The van der Waals surface area contributed by atoms with Crippen molar-refractivity contribution in [1.82, 2.24) is 5.32 Å². The van der Waals surface area contributed by atoms with Crippen molar-refractivity contribution in [2.75, 3.05) is 4.90 Å². The van der Waals surface area contributed by atoms with E-state index in [2.05, 4.69) is 5.32 Å². The third kappa shape index (κ3) is 1.84. The van der Waals surface area contributed by atoms with Crippen LogP contribution in [0, 0.1) is 17.0 Å². The number of rotatable bonds is 1. The standard InChI is InChI=1S/C14H12F2N2O3/c15-8-4-3-5-9(10(8)16)18-12(20)14(6-1-2-7-14)11(19)17-13(18)21/h3-5H,1-2,6-7H2,(H,17,19,21). The van der Waals surface area contributed by atoms with E-state index in [1.807, 2.05) is 0 Å². The number of hydrogen-bond acceptors (Lipinski definition) is 3. The molecule has 0 atom stereocenters. The fourth-order valence-electron chi connectivity index (χ4n) is 2.98. The van der Waals surface area contributed by atoms with Gasteiger partial charge in [-0.3, -0.25) is 14.9 Å². The van der Waals surface area contributed by atoms with Gasteiger partial charge in [-0.25, -0.2) is 18.5 Å². The van der Waals surface area contributed by atoms with Gasteiger partial charge in [0, 0.05) is 0 Å². The van der Waals surface area contributed by atoms with Gasteiger partial charge in [0.25, 0.3) is 5.91 Å². The van der Waals surface area contributed by atoms with E-state index >= 15 is 0 Å². The molecule has 0 aromatic heterocycles. The highest BCUT2D eigenvalue weighted by Crippen LogP contribution is 2.43. The van der Waals surface area contributed by atoms with Crippen LogP contribution in [-0.2, 0) is 9.59 Å². The predicted molar refractivity (Wildman–Crippen MR) is 68.3 cm³/mol. The van der Waals surface area contributed by atoms with Crippen LogP contribution in [0.25, 0.3) is 0 Å². The van der Waals surface area contributed by atoms with E-state index in [1.165, 1.54) is 6.07 Å². The largest absolute Gasteiger partial charge is 0.335 e. The molecule has 2 aliphatic rings. The first-order valence-electron chi connectivity index (χ1n) is 6.61. The SMILES string of the molecule is O=C1NC(=O)C2(CCCC2)C(=O)N1c1cccc(F)c1F. The summed E-state index contributed by atoms with van der Waals surface area (Å²) in [6.07, 6.45) is 1.95. The van der Waals surface area contributed by atoms with Crippen LogP contribution in [0.4, 0.5) is 19.3 Å². The van der Waals surface area contributed by atoms with Crippen LogP contribution in [0.2, 0.25) is 0 Å². The van der Waals surface area contributed by atoms with Crippen LogP contribution in [0.15, 0.2) is 18.2 Å². The van der Waals surface area contributed by atoms with E-state index in [1.54, 1.807) is 0 Å². The summed E-state index contributed by atoms with van der Waals surface area (Å²) in [6.45, 7) is 0. The topological polar surface area (TPSA) is 66.5 Å². The van der Waals surface area contributed by atoms with Crippen LogP contribution >= 0.6 is 0 Å². The molecule has 3 rings (SSSR count). The summed E-state index contributed by atoms with van der Waals surface area (Å²) >= 11 is 0. The molecule has 7 heteroatoms. The normalized spacial score (nSPS) is 21.0. The molecule has 0 bridgehead atoms. The van der Waals surface area contributed by atoms with Crippen LogP contribution < -0.4 is 10.2 Å². The Bertz CT molecular complexity index is 654. The number of benzene rings is 1. The summed E-state index contributed by atoms with van der Waals surface area (Å²) in [6, 6.07) is 2.18. The Morgan fingerprint density at radius 3 is 2.43 bits per heavy atom. The minimum Gasteiger partial charge on any atom is -0.276 e. The Labute approximate surface area is 118 Å². The summed E-state index contributed by atoms with van der Waals surface area (Å²) in [5.41, 5.74) is -1.82. The fourth-order valence-corrected chi connectivity index (χ4v) is 2.98. The molecule has 0 unspecified atom stereocenters. The number of amides is 4. The summed E-state index contributed by atoms with van der Waals surface area (Å²) < 4.78 is 27.2. The molecule has 1 N–H and O–H groups in total. The van der Waals surface area contributed by atoms with E-state index in [0.29, 0.717) is 30.6 Å². The molecular formula is C14H12F2N2O3. The Morgan fingerprint density at radius 2 is 1.76 bits per heavy atom. The number of nitrogens with zero attached hydrogens (tertiary/aromatic N) is 1. The molecule has 0 radical (unpaired) electrons. The second kappa shape index (κ2) is 4.61. The Kier molecular flexibility index (Phi) is 3.00. The lowest BCUT2D eigenvalue weighted by Gasteiger charge is -2.36. The van der Waals surface area contributed by atoms with Crippen molar-refractivity contribution >= 4 is 23.5 Å². The third-order valence-electron chi connectivity index (χ3n) is 4.10. The average molecular weight is 294 g/mol. The molecule has 5 nitrogen and oxygen atoms in total. The highest BCUT2D eigenvalue weighted by atomic mass is 19.2. The van der Waals surface area contributed by atoms with Crippen LogP contribution in [0.5, 0.6) is 0 Å². The van der Waals surface area contributed by atoms with Crippen LogP contribution in [0.3, 0.4) is 0 Å². The summed E-state index contributed by atoms with van der Waals surface area (Å²) in [7, 11) is 0. The minimum absolute atomic E-state index is 0.304. The predicted octanol–water partition coefficient (Wildman–Crippen LogP) is 2.11. The van der Waals surface area contributed by atoms with Crippen molar-refractivity contribution in [2.45, 2.75) is 25.7 Å². The number of hydrogen-bond donors (Lipinski definition) is 1. The lowest BCUT2D eigenvalue weighted by Crippen LogP contribution is -2.63. The fraction of sp³-hybridized carbons (Fsp3) is 0.357. The molecule has 110 valence electrons. The number of anilines is 1. The lowest BCUT2D eigenvalue weighted by molar-refractivity contribution is -0.142. The molecule has 1 saturated carbocycles. The molecule has 1 aromatic rings. The summed E-state index contributed by atoms with van der Waals surface area (Å²) in [5, 5.41) is 2.08. The smallest absolute Gasteiger partial charge is 0.276 e. The van der Waals surface area contributed by atoms with E-state index in [4.69, 9.17) is 0 Å². The maximum absolute atomic E-state index is 13.9. The van der Waals surface area contributed by atoms with Gasteiger partial charge in [0.1, 0.15) is 5.41 Å². The monoisotopic (exact) mass is 294 g/mol. The van der Waals surface area contributed by atoms with Crippen LogP contribution in [0.1, 0.15) is 25.7 Å². The molecular weight excluding hydrogens is 282 g/mol. The van der Waals surface area contributed by atoms with Crippen molar-refractivity contribution in [1.29, 1.82) is 0 Å². The molecule has 1 spiro atoms. The van der Waals surface area contributed by atoms with Gasteiger partial charge in [0.05, 0.1) is 5.69 Å². The van der Waals surface area contributed by atoms with Crippen molar-refractivity contribution in [2.24, 2.45) is 5.41 Å². The van der Waals surface area contributed by atoms with E-state index in [-0.39, 0.29) is 0 Å².